The molecule has 0 spiro atoms. The number of aryl methyl sites for hydroxylation is 2. The van der Waals surface area contributed by atoms with E-state index in [1.165, 1.54) is 25.7 Å². The average Bonchev–Trinajstić information content (AvgIpc) is 3.49. The Kier molecular flexibility index (Phi) is 8.87. The summed E-state index contributed by atoms with van der Waals surface area (Å²) in [5.74, 6) is 1.56. The summed E-state index contributed by atoms with van der Waals surface area (Å²) >= 11 is 0. The Labute approximate surface area is 259 Å². The number of carbonyl (C=O) groups is 1. The predicted molar refractivity (Wildman–Crippen MR) is 177 cm³/mol. The van der Waals surface area contributed by atoms with Crippen molar-refractivity contribution in [2.75, 3.05) is 24.4 Å². The predicted octanol–water partition coefficient (Wildman–Crippen LogP) is 7.11. The third-order valence-electron chi connectivity index (χ3n) is 9.13. The maximum atomic E-state index is 14.5. The number of anilines is 1. The van der Waals surface area contributed by atoms with Crippen LogP contribution < -0.4 is 9.46 Å². The molecule has 1 aliphatic carbocycles. The molecule has 43 heavy (non-hydrogen) atoms. The van der Waals surface area contributed by atoms with Gasteiger partial charge in [0.2, 0.25) is 11.8 Å². The van der Waals surface area contributed by atoms with Crippen molar-refractivity contribution in [2.24, 2.45) is 5.92 Å². The summed E-state index contributed by atoms with van der Waals surface area (Å²) in [5.41, 5.74) is 4.99. The molecule has 1 saturated heterocycles. The van der Waals surface area contributed by atoms with Crippen LogP contribution in [0.1, 0.15) is 74.4 Å². The zero-order valence-electron chi connectivity index (χ0n) is 26.2. The lowest BCUT2D eigenvalue weighted by molar-refractivity contribution is -0.0180. The molecule has 0 radical (unpaired) electrons. The van der Waals surface area contributed by atoms with E-state index in [2.05, 4.69) is 77.9 Å². The number of hydrogen-bond acceptors (Lipinski definition) is 6. The van der Waals surface area contributed by atoms with Crippen molar-refractivity contribution in [3.8, 4) is 17.1 Å². The first-order valence-corrected chi connectivity index (χ1v) is 17.1. The van der Waals surface area contributed by atoms with E-state index >= 15 is 0 Å². The molecule has 2 aliphatic heterocycles. The molecule has 1 amide bonds. The summed E-state index contributed by atoms with van der Waals surface area (Å²) in [4.78, 5) is 30.1. The summed E-state index contributed by atoms with van der Waals surface area (Å²) in [6, 6.07) is 17.1. The Morgan fingerprint density at radius 3 is 2.44 bits per heavy atom. The highest BCUT2D eigenvalue weighted by Crippen LogP contribution is 2.35. The molecule has 228 valence electrons. The largest absolute Gasteiger partial charge is 0.475 e. The van der Waals surface area contributed by atoms with Crippen LogP contribution in [0.2, 0.25) is 0 Å². The van der Waals surface area contributed by atoms with E-state index in [9.17, 15) is 4.79 Å². The second-order valence-electron chi connectivity index (χ2n) is 12.7. The molecule has 7 nitrogen and oxygen atoms in total. The third kappa shape index (κ3) is 6.36. The molecule has 3 aliphatic rings. The standard InChI is InChI=1S/C35H45N5O2S/c1-6-43-30-16-10-13-26(18-30)34(41)40(29-20-39(21-29)27-14-7-8-15-27)28(17-23(2)3)22-42-32-19-31(36-35(37-32)38-43)33-24(4)11-9-12-25(33)5/h6,9-13,16,18-19,23,27-29H,7-8,14-15,17,20-22H2,1-5H3,(H,36,37,38)/t28-,43?/m1/s1. The molecule has 2 atom stereocenters. The lowest BCUT2D eigenvalue weighted by Gasteiger charge is -2.50. The van der Waals surface area contributed by atoms with Gasteiger partial charge < -0.3 is 14.4 Å². The number of rotatable bonds is 5. The molecule has 1 N–H and O–H groups in total. The highest BCUT2D eigenvalue weighted by molar-refractivity contribution is 8.16. The number of hydrogen-bond donors (Lipinski definition) is 1. The van der Waals surface area contributed by atoms with Gasteiger partial charge >= 0.3 is 0 Å². The van der Waals surface area contributed by atoms with Gasteiger partial charge in [-0.3, -0.25) is 9.69 Å². The minimum absolute atomic E-state index is 0.0707. The molecular weight excluding hydrogens is 554 g/mol. The number of amides is 1. The van der Waals surface area contributed by atoms with Gasteiger partial charge in [0.05, 0.1) is 17.8 Å². The van der Waals surface area contributed by atoms with Crippen molar-refractivity contribution in [3.63, 3.8) is 0 Å². The van der Waals surface area contributed by atoms with E-state index in [1.54, 1.807) is 0 Å². The monoisotopic (exact) mass is 599 g/mol. The first-order chi connectivity index (χ1) is 20.8. The zero-order chi connectivity index (χ0) is 30.1. The number of carbonyl (C=O) groups excluding carboxylic acids is 1. The van der Waals surface area contributed by atoms with E-state index in [1.807, 2.05) is 25.1 Å². The summed E-state index contributed by atoms with van der Waals surface area (Å²) in [6.07, 6.45) is 6.06. The van der Waals surface area contributed by atoms with Crippen LogP contribution in [0, 0.1) is 19.8 Å². The number of likely N-dealkylation sites (tertiary alicyclic amines) is 1. The van der Waals surface area contributed by atoms with Gasteiger partial charge in [0.25, 0.3) is 5.91 Å². The first-order valence-electron chi connectivity index (χ1n) is 15.8. The Morgan fingerprint density at radius 1 is 1.02 bits per heavy atom. The Bertz CT molecular complexity index is 1490. The van der Waals surface area contributed by atoms with Crippen molar-refractivity contribution in [2.45, 2.75) is 89.7 Å². The molecule has 1 unspecified atom stereocenters. The highest BCUT2D eigenvalue weighted by atomic mass is 32.2. The number of fused-ring (bicyclic) bond motifs is 4. The van der Waals surface area contributed by atoms with Gasteiger partial charge in [0.1, 0.15) is 6.61 Å². The van der Waals surface area contributed by atoms with Crippen LogP contribution in [0.25, 0.3) is 11.3 Å². The van der Waals surface area contributed by atoms with Gasteiger partial charge in [-0.25, -0.2) is 4.98 Å². The van der Waals surface area contributed by atoms with Crippen LogP contribution in [0.4, 0.5) is 5.95 Å². The van der Waals surface area contributed by atoms with E-state index in [4.69, 9.17) is 14.7 Å². The first kappa shape index (κ1) is 29.8. The third-order valence-corrected chi connectivity index (χ3v) is 10.8. The number of ether oxygens (including phenoxy) is 1. The molecule has 1 saturated carbocycles. The topological polar surface area (TPSA) is 70.6 Å². The molecule has 3 heterocycles. The van der Waals surface area contributed by atoms with Crippen molar-refractivity contribution in [1.29, 1.82) is 0 Å². The second kappa shape index (κ2) is 12.8. The number of nitrogens with zero attached hydrogens (tertiary/aromatic N) is 4. The van der Waals surface area contributed by atoms with Gasteiger partial charge in [0, 0.05) is 41.2 Å². The van der Waals surface area contributed by atoms with Crippen molar-refractivity contribution in [1.82, 2.24) is 19.8 Å². The van der Waals surface area contributed by atoms with Crippen LogP contribution in [0.3, 0.4) is 0 Å². The molecular formula is C35H45N5O2S. The smallest absolute Gasteiger partial charge is 0.254 e. The Balaban J connectivity index is 1.42. The molecule has 2 fully saturated rings. The van der Waals surface area contributed by atoms with Crippen LogP contribution >= 0.6 is 10.7 Å². The second-order valence-corrected chi connectivity index (χ2v) is 14.6. The number of nitrogens with one attached hydrogen (secondary N) is 1. The molecule has 4 bridgehead atoms. The van der Waals surface area contributed by atoms with E-state index in [-0.39, 0.29) is 18.0 Å². The minimum Gasteiger partial charge on any atom is -0.475 e. The zero-order valence-corrected chi connectivity index (χ0v) is 27.0. The maximum absolute atomic E-state index is 14.5. The summed E-state index contributed by atoms with van der Waals surface area (Å²) < 4.78 is 10.1. The van der Waals surface area contributed by atoms with E-state index in [0.717, 1.165) is 52.4 Å². The van der Waals surface area contributed by atoms with Crippen molar-refractivity contribution in [3.05, 3.63) is 65.2 Å². The van der Waals surface area contributed by atoms with Crippen molar-refractivity contribution >= 4 is 27.9 Å². The van der Waals surface area contributed by atoms with Gasteiger partial charge in [-0.2, -0.15) is 4.98 Å². The Morgan fingerprint density at radius 2 is 1.74 bits per heavy atom. The van der Waals surface area contributed by atoms with Gasteiger partial charge in [-0.1, -0.05) is 61.6 Å². The molecule has 2 aromatic carbocycles. The minimum atomic E-state index is -0.509. The fourth-order valence-corrected chi connectivity index (χ4v) is 8.28. The quantitative estimate of drug-likeness (QED) is 0.315. The fourth-order valence-electron chi connectivity index (χ4n) is 7.01. The summed E-state index contributed by atoms with van der Waals surface area (Å²) in [7, 11) is -0.509. The van der Waals surface area contributed by atoms with Crippen LogP contribution in [-0.4, -0.2) is 68.9 Å². The Hall–Kier alpha value is -3.23. The highest BCUT2D eigenvalue weighted by Gasteiger charge is 2.42. The molecule has 8 heteroatoms. The fraction of sp³-hybridized carbons (Fsp3) is 0.486. The van der Waals surface area contributed by atoms with Crippen LogP contribution in [0.5, 0.6) is 5.88 Å². The summed E-state index contributed by atoms with van der Waals surface area (Å²) in [5, 5.41) is 2.11. The lowest BCUT2D eigenvalue weighted by atomic mass is 9.95. The number of benzene rings is 2. The van der Waals surface area contributed by atoms with Gasteiger partial charge in [-0.15, -0.1) is 0 Å². The van der Waals surface area contributed by atoms with E-state index in [0.29, 0.717) is 30.4 Å². The molecule has 1 aromatic heterocycles. The summed E-state index contributed by atoms with van der Waals surface area (Å²) in [6.45, 7) is 13.0. The van der Waals surface area contributed by atoms with Gasteiger partial charge in [0.15, 0.2) is 0 Å². The number of aromatic nitrogens is 2. The van der Waals surface area contributed by atoms with Crippen LogP contribution in [-0.2, 0) is 0 Å². The molecule has 6 rings (SSSR count). The SMILES string of the molecule is C/C=S1/Nc2nc(cc(-c3c(C)cccc3C)n2)OC[C@@H](CC(C)C)N(C2CN(C3CCCC3)C2)C(=O)c2cccc1c2. The maximum Gasteiger partial charge on any atom is 0.254 e. The van der Waals surface area contributed by atoms with E-state index < -0.39 is 10.7 Å². The lowest BCUT2D eigenvalue weighted by Crippen LogP contribution is -2.65. The average molecular weight is 600 g/mol. The normalized spacial score (nSPS) is 22.0. The molecule has 3 aromatic rings. The van der Waals surface area contributed by atoms with Crippen molar-refractivity contribution < 1.29 is 9.53 Å². The van der Waals surface area contributed by atoms with Crippen LogP contribution in [0.15, 0.2) is 53.4 Å². The van der Waals surface area contributed by atoms with Gasteiger partial charge in [-0.05, 0) is 80.6 Å².